The average molecular weight is 387 g/mol. The van der Waals surface area contributed by atoms with Crippen LogP contribution in [0.4, 0.5) is 0 Å². The summed E-state index contributed by atoms with van der Waals surface area (Å²) in [5.41, 5.74) is 6.43. The summed E-state index contributed by atoms with van der Waals surface area (Å²) in [6, 6.07) is 10.5. The maximum atomic E-state index is 13.4. The van der Waals surface area contributed by atoms with Gasteiger partial charge in [-0.05, 0) is 68.0 Å². The Morgan fingerprint density at radius 3 is 1.93 bits per heavy atom. The van der Waals surface area contributed by atoms with Crippen molar-refractivity contribution in [3.63, 3.8) is 0 Å². The average Bonchev–Trinajstić information content (AvgIpc) is 2.62. The first kappa shape index (κ1) is 20.1. The van der Waals surface area contributed by atoms with Gasteiger partial charge in [0.15, 0.2) is 0 Å². The van der Waals surface area contributed by atoms with Crippen molar-refractivity contribution >= 4 is 10.0 Å². The van der Waals surface area contributed by atoms with Gasteiger partial charge >= 0.3 is 0 Å². The summed E-state index contributed by atoms with van der Waals surface area (Å²) in [6.07, 6.45) is 0. The minimum atomic E-state index is -3.47. The molecule has 146 valence electrons. The van der Waals surface area contributed by atoms with Gasteiger partial charge in [-0.25, -0.2) is 8.42 Å². The molecule has 1 aliphatic rings. The highest BCUT2D eigenvalue weighted by Crippen LogP contribution is 2.29. The van der Waals surface area contributed by atoms with E-state index in [4.69, 9.17) is 0 Å². The van der Waals surface area contributed by atoms with Crippen LogP contribution in [0.1, 0.15) is 33.4 Å². The molecule has 3 rings (SSSR count). The van der Waals surface area contributed by atoms with Crippen LogP contribution in [0, 0.1) is 34.6 Å². The molecular formula is C22H30N2O2S. The lowest BCUT2D eigenvalue weighted by atomic mass is 10.0. The van der Waals surface area contributed by atoms with Gasteiger partial charge in [0.2, 0.25) is 10.0 Å². The molecule has 0 amide bonds. The lowest BCUT2D eigenvalue weighted by molar-refractivity contribution is 0.181. The molecule has 0 N–H and O–H groups in total. The zero-order valence-corrected chi connectivity index (χ0v) is 17.9. The second-order valence-electron chi connectivity index (χ2n) is 7.70. The lowest BCUT2D eigenvalue weighted by Crippen LogP contribution is -2.48. The van der Waals surface area contributed by atoms with Crippen LogP contribution in [0.25, 0.3) is 0 Å². The molecule has 0 atom stereocenters. The highest BCUT2D eigenvalue weighted by atomic mass is 32.2. The lowest BCUT2D eigenvalue weighted by Gasteiger charge is -2.35. The van der Waals surface area contributed by atoms with Crippen LogP contribution < -0.4 is 0 Å². The van der Waals surface area contributed by atoms with Crippen molar-refractivity contribution in [2.75, 3.05) is 26.2 Å². The van der Waals surface area contributed by atoms with Crippen molar-refractivity contribution < 1.29 is 8.42 Å². The molecule has 0 aliphatic carbocycles. The van der Waals surface area contributed by atoms with Crippen molar-refractivity contribution in [2.45, 2.75) is 46.1 Å². The second kappa shape index (κ2) is 7.74. The van der Waals surface area contributed by atoms with E-state index in [1.165, 1.54) is 11.1 Å². The quantitative estimate of drug-likeness (QED) is 0.804. The fraction of sp³-hybridized carbons (Fsp3) is 0.455. The van der Waals surface area contributed by atoms with Gasteiger partial charge in [-0.1, -0.05) is 30.3 Å². The number of sulfonamides is 1. The topological polar surface area (TPSA) is 40.6 Å². The summed E-state index contributed by atoms with van der Waals surface area (Å²) in [5, 5.41) is 0. The van der Waals surface area contributed by atoms with E-state index in [9.17, 15) is 8.42 Å². The van der Waals surface area contributed by atoms with Crippen LogP contribution in [0.5, 0.6) is 0 Å². The first-order valence-corrected chi connectivity index (χ1v) is 11.0. The Morgan fingerprint density at radius 2 is 1.37 bits per heavy atom. The van der Waals surface area contributed by atoms with E-state index in [2.05, 4.69) is 42.2 Å². The third-order valence-electron chi connectivity index (χ3n) is 5.88. The number of hydrogen-bond donors (Lipinski definition) is 0. The van der Waals surface area contributed by atoms with Gasteiger partial charge in [0.25, 0.3) is 0 Å². The highest BCUT2D eigenvalue weighted by molar-refractivity contribution is 7.89. The van der Waals surface area contributed by atoms with Gasteiger partial charge < -0.3 is 0 Å². The Balaban J connectivity index is 1.77. The first-order chi connectivity index (χ1) is 12.7. The Kier molecular flexibility index (Phi) is 5.75. The van der Waals surface area contributed by atoms with Gasteiger partial charge in [-0.15, -0.1) is 0 Å². The number of piperazine rings is 1. The summed E-state index contributed by atoms with van der Waals surface area (Å²) in [7, 11) is -3.47. The van der Waals surface area contributed by atoms with E-state index in [0.29, 0.717) is 18.0 Å². The molecule has 0 spiro atoms. The molecule has 1 fully saturated rings. The van der Waals surface area contributed by atoms with Crippen LogP contribution in [-0.2, 0) is 16.6 Å². The number of benzene rings is 2. The molecule has 1 saturated heterocycles. The largest absolute Gasteiger partial charge is 0.296 e. The van der Waals surface area contributed by atoms with Crippen molar-refractivity contribution in [3.8, 4) is 0 Å². The fourth-order valence-electron chi connectivity index (χ4n) is 3.85. The van der Waals surface area contributed by atoms with E-state index in [-0.39, 0.29) is 0 Å². The smallest absolute Gasteiger partial charge is 0.243 e. The number of aryl methyl sites for hydroxylation is 3. The van der Waals surface area contributed by atoms with E-state index in [1.807, 2.05) is 27.7 Å². The fourth-order valence-corrected chi connectivity index (χ4v) is 5.85. The van der Waals surface area contributed by atoms with E-state index < -0.39 is 10.0 Å². The highest BCUT2D eigenvalue weighted by Gasteiger charge is 2.31. The molecule has 0 unspecified atom stereocenters. The van der Waals surface area contributed by atoms with Gasteiger partial charge in [0.1, 0.15) is 0 Å². The summed E-state index contributed by atoms with van der Waals surface area (Å²) in [5.74, 6) is 0. The summed E-state index contributed by atoms with van der Waals surface area (Å²) in [6.45, 7) is 13.4. The van der Waals surface area contributed by atoms with Crippen LogP contribution >= 0.6 is 0 Å². The van der Waals surface area contributed by atoms with E-state index in [0.717, 1.165) is 41.9 Å². The van der Waals surface area contributed by atoms with E-state index >= 15 is 0 Å². The third kappa shape index (κ3) is 3.96. The predicted octanol–water partition coefficient (Wildman–Crippen LogP) is 3.74. The molecule has 5 heteroatoms. The number of nitrogens with zero attached hydrogens (tertiary/aromatic N) is 2. The molecule has 4 nitrogen and oxygen atoms in total. The third-order valence-corrected chi connectivity index (χ3v) is 8.05. The van der Waals surface area contributed by atoms with Crippen molar-refractivity contribution in [1.82, 2.24) is 9.21 Å². The van der Waals surface area contributed by atoms with Crippen LogP contribution in [0.3, 0.4) is 0 Å². The summed E-state index contributed by atoms with van der Waals surface area (Å²) in [4.78, 5) is 2.85. The zero-order chi connectivity index (χ0) is 19.8. The van der Waals surface area contributed by atoms with Gasteiger partial charge in [0.05, 0.1) is 4.90 Å². The molecule has 1 heterocycles. The Bertz CT molecular complexity index is 917. The van der Waals surface area contributed by atoms with Crippen LogP contribution in [-0.4, -0.2) is 43.8 Å². The molecule has 0 saturated carbocycles. The normalized spacial score (nSPS) is 16.6. The molecular weight excluding hydrogens is 356 g/mol. The standard InChI is InChI=1S/C22H30N2O2S/c1-16-8-6-7-9-21(16)15-23-10-12-24(13-11-23)27(25,26)22-19(4)17(2)14-18(3)20(22)5/h6-9,14H,10-13,15H2,1-5H3. The van der Waals surface area contributed by atoms with Crippen LogP contribution in [0.2, 0.25) is 0 Å². The summed E-state index contributed by atoms with van der Waals surface area (Å²) >= 11 is 0. The first-order valence-electron chi connectivity index (χ1n) is 9.56. The van der Waals surface area contributed by atoms with Crippen molar-refractivity contribution in [3.05, 3.63) is 63.7 Å². The maximum Gasteiger partial charge on any atom is 0.243 e. The maximum absolute atomic E-state index is 13.4. The predicted molar refractivity (Wildman–Crippen MR) is 111 cm³/mol. The molecule has 1 aliphatic heterocycles. The van der Waals surface area contributed by atoms with Crippen LogP contribution in [0.15, 0.2) is 35.2 Å². The molecule has 0 radical (unpaired) electrons. The number of rotatable bonds is 4. The Labute approximate surface area is 163 Å². The molecule has 0 bridgehead atoms. The molecule has 2 aromatic rings. The minimum Gasteiger partial charge on any atom is -0.296 e. The monoisotopic (exact) mass is 386 g/mol. The van der Waals surface area contributed by atoms with Gasteiger partial charge in [-0.3, -0.25) is 4.90 Å². The molecule has 2 aromatic carbocycles. The minimum absolute atomic E-state index is 0.507. The van der Waals surface area contributed by atoms with Gasteiger partial charge in [-0.2, -0.15) is 4.31 Å². The Hall–Kier alpha value is -1.69. The van der Waals surface area contributed by atoms with Gasteiger partial charge in [0, 0.05) is 32.7 Å². The Morgan fingerprint density at radius 1 is 0.815 bits per heavy atom. The van der Waals surface area contributed by atoms with Crippen molar-refractivity contribution in [2.24, 2.45) is 0 Å². The summed E-state index contributed by atoms with van der Waals surface area (Å²) < 4.78 is 28.4. The number of hydrogen-bond acceptors (Lipinski definition) is 3. The van der Waals surface area contributed by atoms with Crippen molar-refractivity contribution in [1.29, 1.82) is 0 Å². The second-order valence-corrected chi connectivity index (χ2v) is 9.57. The molecule has 0 aromatic heterocycles. The molecule has 27 heavy (non-hydrogen) atoms. The zero-order valence-electron chi connectivity index (χ0n) is 17.0. The SMILES string of the molecule is Cc1ccccc1CN1CCN(S(=O)(=O)c2c(C)c(C)cc(C)c2C)CC1. The van der Waals surface area contributed by atoms with E-state index in [1.54, 1.807) is 4.31 Å².